The summed E-state index contributed by atoms with van der Waals surface area (Å²) in [6, 6.07) is 8.50. The fourth-order valence-electron chi connectivity index (χ4n) is 1.72. The first-order valence-corrected chi connectivity index (χ1v) is 6.26. The maximum atomic E-state index is 12.0. The molecule has 0 atom stereocenters. The molecule has 0 spiro atoms. The summed E-state index contributed by atoms with van der Waals surface area (Å²) in [6.07, 6.45) is 1.43. The van der Waals surface area contributed by atoms with Gasteiger partial charge in [-0.05, 0) is 31.2 Å². The lowest BCUT2D eigenvalue weighted by Gasteiger charge is -2.08. The van der Waals surface area contributed by atoms with E-state index in [0.717, 1.165) is 5.76 Å². The van der Waals surface area contributed by atoms with E-state index in [0.29, 0.717) is 22.8 Å². The molecule has 1 amide bonds. The molecule has 0 radical (unpaired) electrons. The summed E-state index contributed by atoms with van der Waals surface area (Å²) in [5.74, 6) is 1.98. The average Bonchev–Trinajstić information content (AvgIpc) is 2.91. The van der Waals surface area contributed by atoms with Gasteiger partial charge in [-0.2, -0.15) is 5.10 Å². The van der Waals surface area contributed by atoms with E-state index in [2.05, 4.69) is 10.5 Å². The van der Waals surface area contributed by atoms with E-state index in [1.807, 2.05) is 13.0 Å². The highest BCUT2D eigenvalue weighted by molar-refractivity contribution is 5.97. The molecular weight excluding hydrogens is 272 g/mol. The minimum atomic E-state index is -0.381. The zero-order valence-electron chi connectivity index (χ0n) is 12.0. The number of hydrogen-bond acceptors (Lipinski definition) is 5. The zero-order chi connectivity index (χ0) is 15.2. The van der Waals surface area contributed by atoms with Gasteiger partial charge in [0.2, 0.25) is 0 Å². The second kappa shape index (κ2) is 6.60. The van der Waals surface area contributed by atoms with Crippen molar-refractivity contribution >= 4 is 12.1 Å². The molecule has 2 aromatic rings. The molecule has 21 heavy (non-hydrogen) atoms. The Hall–Kier alpha value is -2.76. The fourth-order valence-corrected chi connectivity index (χ4v) is 1.72. The van der Waals surface area contributed by atoms with E-state index >= 15 is 0 Å². The molecule has 110 valence electrons. The third-order valence-corrected chi connectivity index (χ3v) is 2.77. The first-order chi connectivity index (χ1) is 10.1. The summed E-state index contributed by atoms with van der Waals surface area (Å²) < 4.78 is 15.5. The van der Waals surface area contributed by atoms with Gasteiger partial charge < -0.3 is 13.9 Å². The fraction of sp³-hybridized carbons (Fsp3) is 0.200. The molecule has 0 aliphatic carbocycles. The highest BCUT2D eigenvalue weighted by atomic mass is 16.5. The Morgan fingerprint density at radius 2 is 2.05 bits per heavy atom. The van der Waals surface area contributed by atoms with Crippen LogP contribution >= 0.6 is 0 Å². The standard InChI is InChI=1S/C15H16N2O4/c1-10-4-5-12(21-10)9-16-17-15(18)13-7-6-11(19-2)8-14(13)20-3/h4-9H,1-3H3,(H,17,18). The van der Waals surface area contributed by atoms with Crippen LogP contribution in [0.4, 0.5) is 0 Å². The van der Waals surface area contributed by atoms with Gasteiger partial charge in [-0.15, -0.1) is 0 Å². The summed E-state index contributed by atoms with van der Waals surface area (Å²) in [5, 5.41) is 3.84. The molecule has 1 aromatic carbocycles. The van der Waals surface area contributed by atoms with Gasteiger partial charge in [0, 0.05) is 6.07 Å². The highest BCUT2D eigenvalue weighted by Gasteiger charge is 2.12. The Morgan fingerprint density at radius 1 is 1.24 bits per heavy atom. The molecule has 0 fully saturated rings. The molecule has 1 heterocycles. The second-order valence-electron chi connectivity index (χ2n) is 4.21. The van der Waals surface area contributed by atoms with Crippen molar-refractivity contribution in [3.05, 3.63) is 47.4 Å². The number of furan rings is 1. The Labute approximate surface area is 122 Å². The number of amides is 1. The van der Waals surface area contributed by atoms with Crippen LogP contribution in [0.1, 0.15) is 21.9 Å². The molecule has 1 aromatic heterocycles. The van der Waals surface area contributed by atoms with Crippen molar-refractivity contribution in [3.63, 3.8) is 0 Å². The zero-order valence-corrected chi connectivity index (χ0v) is 12.0. The van der Waals surface area contributed by atoms with E-state index in [9.17, 15) is 4.79 Å². The van der Waals surface area contributed by atoms with Crippen LogP contribution in [0.25, 0.3) is 0 Å². The van der Waals surface area contributed by atoms with Gasteiger partial charge >= 0.3 is 0 Å². The Morgan fingerprint density at radius 3 is 2.67 bits per heavy atom. The summed E-state index contributed by atoms with van der Waals surface area (Å²) in [4.78, 5) is 12.0. The molecule has 1 N–H and O–H groups in total. The monoisotopic (exact) mass is 288 g/mol. The maximum absolute atomic E-state index is 12.0. The predicted octanol–water partition coefficient (Wildman–Crippen LogP) is 2.37. The van der Waals surface area contributed by atoms with Crippen LogP contribution in [0.5, 0.6) is 11.5 Å². The van der Waals surface area contributed by atoms with Crippen LogP contribution in [-0.2, 0) is 0 Å². The lowest BCUT2D eigenvalue weighted by molar-refractivity contribution is 0.0952. The number of nitrogens with one attached hydrogen (secondary N) is 1. The lowest BCUT2D eigenvalue weighted by atomic mass is 10.2. The molecule has 0 unspecified atom stereocenters. The van der Waals surface area contributed by atoms with Crippen molar-refractivity contribution < 1.29 is 18.7 Å². The highest BCUT2D eigenvalue weighted by Crippen LogP contribution is 2.24. The van der Waals surface area contributed by atoms with Crippen molar-refractivity contribution in [2.24, 2.45) is 5.10 Å². The molecule has 0 aliphatic rings. The average molecular weight is 288 g/mol. The van der Waals surface area contributed by atoms with Crippen molar-refractivity contribution in [1.29, 1.82) is 0 Å². The van der Waals surface area contributed by atoms with Gasteiger partial charge in [0.1, 0.15) is 23.0 Å². The van der Waals surface area contributed by atoms with Crippen LogP contribution in [0.15, 0.2) is 39.9 Å². The van der Waals surface area contributed by atoms with Crippen LogP contribution in [0, 0.1) is 6.92 Å². The minimum absolute atomic E-state index is 0.367. The van der Waals surface area contributed by atoms with E-state index in [1.54, 1.807) is 31.4 Å². The number of nitrogens with zero attached hydrogens (tertiary/aromatic N) is 1. The van der Waals surface area contributed by atoms with Gasteiger partial charge in [0.15, 0.2) is 0 Å². The maximum Gasteiger partial charge on any atom is 0.275 e. The van der Waals surface area contributed by atoms with Crippen molar-refractivity contribution in [1.82, 2.24) is 5.43 Å². The molecule has 0 aliphatic heterocycles. The largest absolute Gasteiger partial charge is 0.497 e. The second-order valence-corrected chi connectivity index (χ2v) is 4.21. The topological polar surface area (TPSA) is 73.1 Å². The number of ether oxygens (including phenoxy) is 2. The molecule has 0 saturated heterocycles. The molecule has 2 rings (SSSR count). The lowest BCUT2D eigenvalue weighted by Crippen LogP contribution is -2.18. The van der Waals surface area contributed by atoms with Crippen LogP contribution in [-0.4, -0.2) is 26.3 Å². The molecule has 6 heteroatoms. The van der Waals surface area contributed by atoms with Gasteiger partial charge in [0.05, 0.1) is 26.0 Å². The number of rotatable bonds is 5. The Kier molecular flexibility index (Phi) is 4.61. The van der Waals surface area contributed by atoms with Crippen molar-refractivity contribution in [2.75, 3.05) is 14.2 Å². The Bertz CT molecular complexity index is 661. The number of benzene rings is 1. The van der Waals surface area contributed by atoms with Gasteiger partial charge in [-0.1, -0.05) is 0 Å². The third kappa shape index (κ3) is 3.62. The van der Waals surface area contributed by atoms with E-state index in [1.165, 1.54) is 13.3 Å². The third-order valence-electron chi connectivity index (χ3n) is 2.77. The van der Waals surface area contributed by atoms with E-state index in [-0.39, 0.29) is 5.91 Å². The van der Waals surface area contributed by atoms with Crippen LogP contribution < -0.4 is 14.9 Å². The molecule has 0 saturated carbocycles. The first-order valence-electron chi connectivity index (χ1n) is 6.26. The smallest absolute Gasteiger partial charge is 0.275 e. The van der Waals surface area contributed by atoms with Gasteiger partial charge in [-0.3, -0.25) is 4.79 Å². The summed E-state index contributed by atoms with van der Waals surface area (Å²) in [6.45, 7) is 1.83. The SMILES string of the molecule is COc1ccc(C(=O)NN=Cc2ccc(C)o2)c(OC)c1. The van der Waals surface area contributed by atoms with Gasteiger partial charge in [0.25, 0.3) is 5.91 Å². The van der Waals surface area contributed by atoms with Crippen LogP contribution in [0.2, 0.25) is 0 Å². The minimum Gasteiger partial charge on any atom is -0.497 e. The van der Waals surface area contributed by atoms with Crippen molar-refractivity contribution in [2.45, 2.75) is 6.92 Å². The first kappa shape index (κ1) is 14.6. The number of hydrazone groups is 1. The predicted molar refractivity (Wildman–Crippen MR) is 78.1 cm³/mol. The normalized spacial score (nSPS) is 10.6. The van der Waals surface area contributed by atoms with Crippen molar-refractivity contribution in [3.8, 4) is 11.5 Å². The summed E-state index contributed by atoms with van der Waals surface area (Å²) >= 11 is 0. The number of hydrogen-bond donors (Lipinski definition) is 1. The van der Waals surface area contributed by atoms with Crippen LogP contribution in [0.3, 0.4) is 0 Å². The molecule has 6 nitrogen and oxygen atoms in total. The number of aryl methyl sites for hydroxylation is 1. The number of methoxy groups -OCH3 is 2. The summed E-state index contributed by atoms with van der Waals surface area (Å²) in [5.41, 5.74) is 2.79. The number of carbonyl (C=O) groups is 1. The quantitative estimate of drug-likeness (QED) is 0.677. The van der Waals surface area contributed by atoms with E-state index < -0.39 is 0 Å². The summed E-state index contributed by atoms with van der Waals surface area (Å²) in [7, 11) is 3.03. The Balaban J connectivity index is 2.08. The molecular formula is C15H16N2O4. The number of carbonyl (C=O) groups excluding carboxylic acids is 1. The van der Waals surface area contributed by atoms with E-state index in [4.69, 9.17) is 13.9 Å². The molecule has 0 bridgehead atoms. The van der Waals surface area contributed by atoms with Gasteiger partial charge in [-0.25, -0.2) is 5.43 Å².